The molecule has 0 aromatic heterocycles. The normalized spacial score (nSPS) is 35.0. The first-order chi connectivity index (χ1) is 13.6. The van der Waals surface area contributed by atoms with E-state index in [1.54, 1.807) is 0 Å². The first-order valence-electron chi connectivity index (χ1n) is 11.6. The van der Waals surface area contributed by atoms with Gasteiger partial charge in [0.25, 0.3) is 0 Å². The highest BCUT2D eigenvalue weighted by Gasteiger charge is 2.59. The zero-order valence-electron chi connectivity index (χ0n) is 18.7. The zero-order valence-corrected chi connectivity index (χ0v) is 20.5. The Morgan fingerprint density at radius 3 is 2.31 bits per heavy atom. The van der Waals surface area contributed by atoms with Crippen molar-refractivity contribution in [2.45, 2.75) is 87.7 Å². The highest BCUT2D eigenvalue weighted by atomic mass is 32.2. The van der Waals surface area contributed by atoms with E-state index in [1.165, 1.54) is 51.0 Å². The summed E-state index contributed by atoms with van der Waals surface area (Å²) >= 11 is 0. The van der Waals surface area contributed by atoms with E-state index in [9.17, 15) is 8.42 Å². The van der Waals surface area contributed by atoms with Gasteiger partial charge in [0.1, 0.15) is 0 Å². The van der Waals surface area contributed by atoms with E-state index in [1.807, 2.05) is 31.2 Å². The molecule has 0 aliphatic heterocycles. The minimum Gasteiger partial charge on any atom is -0.223 e. The van der Waals surface area contributed by atoms with Gasteiger partial charge in [0.2, 0.25) is 0 Å². The molecule has 0 heterocycles. The molecule has 160 valence electrons. The molecule has 0 radical (unpaired) electrons. The van der Waals surface area contributed by atoms with Crippen LogP contribution in [0.3, 0.4) is 0 Å². The lowest BCUT2D eigenvalue weighted by atomic mass is 9.76. The molecule has 3 unspecified atom stereocenters. The molecule has 5 atom stereocenters. The van der Waals surface area contributed by atoms with Crippen molar-refractivity contribution in [3.63, 3.8) is 0 Å². The van der Waals surface area contributed by atoms with Gasteiger partial charge in [0.05, 0.1) is 10.1 Å². The highest BCUT2D eigenvalue weighted by Crippen LogP contribution is 2.63. The van der Waals surface area contributed by atoms with Crippen LogP contribution in [0.25, 0.3) is 0 Å². The van der Waals surface area contributed by atoms with Gasteiger partial charge in [-0.25, -0.2) is 8.42 Å². The van der Waals surface area contributed by atoms with Crippen LogP contribution in [0.5, 0.6) is 0 Å². The van der Waals surface area contributed by atoms with Crippen molar-refractivity contribution in [2.24, 2.45) is 23.2 Å². The quantitative estimate of drug-likeness (QED) is 0.396. The van der Waals surface area contributed by atoms with Crippen LogP contribution in [-0.2, 0) is 9.84 Å². The fraction of sp³-hybridized carbons (Fsp3) is 0.680. The van der Waals surface area contributed by atoms with Crippen molar-refractivity contribution in [3.05, 3.63) is 42.0 Å². The monoisotopic (exact) mass is 430 g/mol. The SMILES string of the molecule is Cc1ccc(S(=O)(=O)[C@H]2C=C[C@]3(C[Si](C)(C)C)CC4CCCCCCC4C23)cc1. The minimum atomic E-state index is -3.35. The molecule has 0 N–H and O–H groups in total. The summed E-state index contributed by atoms with van der Waals surface area (Å²) in [4.78, 5) is 0.510. The summed E-state index contributed by atoms with van der Waals surface area (Å²) < 4.78 is 27.6. The molecule has 4 heteroatoms. The van der Waals surface area contributed by atoms with Crippen molar-refractivity contribution >= 4 is 17.9 Å². The largest absolute Gasteiger partial charge is 0.223 e. The standard InChI is InChI=1S/C25H38O2SSi/c1-19-11-13-21(14-12-19)28(26,27)23-15-16-25(18-29(2,3)4)17-20-9-7-5-6-8-10-22(20)24(23)25/h11-16,20,22-24H,5-10,17-18H2,1-4H3/t20?,22?,23-,24?,25+/m0/s1. The summed E-state index contributed by atoms with van der Waals surface area (Å²) in [6, 6.07) is 8.75. The summed E-state index contributed by atoms with van der Waals surface area (Å²) in [5.74, 6) is 1.58. The summed E-state index contributed by atoms with van der Waals surface area (Å²) in [6.45, 7) is 9.37. The van der Waals surface area contributed by atoms with Crippen molar-refractivity contribution in [1.82, 2.24) is 0 Å². The fourth-order valence-electron chi connectivity index (χ4n) is 6.94. The molecular weight excluding hydrogens is 392 g/mol. The van der Waals surface area contributed by atoms with Crippen LogP contribution in [0.15, 0.2) is 41.3 Å². The molecule has 3 aliphatic carbocycles. The van der Waals surface area contributed by atoms with Gasteiger partial charge < -0.3 is 0 Å². The van der Waals surface area contributed by atoms with E-state index in [-0.39, 0.29) is 16.6 Å². The summed E-state index contributed by atoms with van der Waals surface area (Å²) in [7, 11) is -4.67. The van der Waals surface area contributed by atoms with Crippen molar-refractivity contribution in [3.8, 4) is 0 Å². The molecule has 0 saturated heterocycles. The molecule has 3 aliphatic rings. The number of aryl methyl sites for hydroxylation is 1. The number of fused-ring (bicyclic) bond motifs is 3. The third kappa shape index (κ3) is 4.04. The second kappa shape index (κ2) is 7.67. The Hall–Kier alpha value is -0.873. The van der Waals surface area contributed by atoms with E-state index in [0.29, 0.717) is 10.8 Å². The molecule has 1 aromatic carbocycles. The Morgan fingerprint density at radius 2 is 1.66 bits per heavy atom. The Balaban J connectivity index is 1.74. The molecule has 4 rings (SSSR count). The van der Waals surface area contributed by atoms with Gasteiger partial charge in [-0.05, 0) is 61.1 Å². The predicted molar refractivity (Wildman–Crippen MR) is 125 cm³/mol. The second-order valence-electron chi connectivity index (χ2n) is 11.3. The average Bonchev–Trinajstić information content (AvgIpc) is 3.08. The van der Waals surface area contributed by atoms with Crippen molar-refractivity contribution in [1.29, 1.82) is 0 Å². The van der Waals surface area contributed by atoms with Gasteiger partial charge in [-0.2, -0.15) is 0 Å². The van der Waals surface area contributed by atoms with Crippen LogP contribution in [0, 0.1) is 30.1 Å². The maximum absolute atomic E-state index is 13.8. The van der Waals surface area contributed by atoms with E-state index >= 15 is 0 Å². The van der Waals surface area contributed by atoms with Crippen LogP contribution in [0.1, 0.15) is 50.5 Å². The molecule has 2 saturated carbocycles. The van der Waals surface area contributed by atoms with Gasteiger partial charge >= 0.3 is 0 Å². The summed E-state index contributed by atoms with van der Waals surface area (Å²) in [5, 5.41) is -0.337. The van der Waals surface area contributed by atoms with Crippen LogP contribution in [0.4, 0.5) is 0 Å². The smallest absolute Gasteiger partial charge is 0.185 e. The maximum Gasteiger partial charge on any atom is 0.185 e. The third-order valence-electron chi connectivity index (χ3n) is 7.77. The molecule has 0 amide bonds. The van der Waals surface area contributed by atoms with Crippen LogP contribution < -0.4 is 0 Å². The zero-order chi connectivity index (χ0) is 20.9. The van der Waals surface area contributed by atoms with Crippen molar-refractivity contribution in [2.75, 3.05) is 0 Å². The Kier molecular flexibility index (Phi) is 5.65. The average molecular weight is 431 g/mol. The Labute approximate surface area is 179 Å². The highest BCUT2D eigenvalue weighted by molar-refractivity contribution is 7.92. The molecule has 1 aromatic rings. The number of allylic oxidation sites excluding steroid dienone is 1. The lowest BCUT2D eigenvalue weighted by molar-refractivity contribution is 0.229. The lowest BCUT2D eigenvalue weighted by Gasteiger charge is -2.38. The molecule has 0 spiro atoms. The number of benzene rings is 1. The molecule has 0 bridgehead atoms. The van der Waals surface area contributed by atoms with Gasteiger partial charge in [-0.1, -0.05) is 81.6 Å². The number of hydrogen-bond donors (Lipinski definition) is 0. The second-order valence-corrected chi connectivity index (χ2v) is 18.9. The van der Waals surface area contributed by atoms with Gasteiger partial charge in [0, 0.05) is 8.07 Å². The van der Waals surface area contributed by atoms with Crippen LogP contribution in [0.2, 0.25) is 25.7 Å². The topological polar surface area (TPSA) is 34.1 Å². The first kappa shape index (κ1) is 21.4. The molecular formula is C25H38O2SSi. The summed E-state index contributed by atoms with van der Waals surface area (Å²) in [6.07, 6.45) is 13.5. The first-order valence-corrected chi connectivity index (χ1v) is 16.9. The maximum atomic E-state index is 13.8. The van der Waals surface area contributed by atoms with E-state index in [2.05, 4.69) is 31.8 Å². The predicted octanol–water partition coefficient (Wildman–Crippen LogP) is 6.64. The van der Waals surface area contributed by atoms with E-state index < -0.39 is 17.9 Å². The van der Waals surface area contributed by atoms with E-state index in [4.69, 9.17) is 0 Å². The molecule has 29 heavy (non-hydrogen) atoms. The number of rotatable bonds is 4. The van der Waals surface area contributed by atoms with Crippen molar-refractivity contribution < 1.29 is 8.42 Å². The fourth-order valence-corrected chi connectivity index (χ4v) is 11.4. The summed E-state index contributed by atoms with van der Waals surface area (Å²) in [5.41, 5.74) is 1.23. The minimum absolute atomic E-state index is 0.118. The number of hydrogen-bond acceptors (Lipinski definition) is 2. The lowest BCUT2D eigenvalue weighted by Crippen LogP contribution is -2.39. The van der Waals surface area contributed by atoms with Gasteiger partial charge in [-0.3, -0.25) is 0 Å². The molecule has 2 nitrogen and oxygen atoms in total. The molecule has 2 fully saturated rings. The Bertz CT molecular complexity index is 865. The van der Waals surface area contributed by atoms with Crippen LogP contribution in [-0.4, -0.2) is 21.7 Å². The van der Waals surface area contributed by atoms with Gasteiger partial charge in [-0.15, -0.1) is 0 Å². The van der Waals surface area contributed by atoms with Gasteiger partial charge in [0.15, 0.2) is 9.84 Å². The van der Waals surface area contributed by atoms with Crippen LogP contribution >= 0.6 is 0 Å². The third-order valence-corrected chi connectivity index (χ3v) is 11.6. The Morgan fingerprint density at radius 1 is 1.00 bits per heavy atom. The van der Waals surface area contributed by atoms with E-state index in [0.717, 1.165) is 11.5 Å². The number of sulfone groups is 1.